The fourth-order valence-electron chi connectivity index (χ4n) is 2.27. The summed E-state index contributed by atoms with van der Waals surface area (Å²) in [4.78, 5) is 22.4. The van der Waals surface area contributed by atoms with E-state index in [2.05, 4.69) is 12.1 Å². The van der Waals surface area contributed by atoms with Crippen LogP contribution in [0.5, 0.6) is 5.75 Å². The minimum Gasteiger partial charge on any atom is -0.493 e. The van der Waals surface area contributed by atoms with E-state index in [1.165, 1.54) is 5.56 Å². The van der Waals surface area contributed by atoms with Gasteiger partial charge in [-0.05, 0) is 36.2 Å². The molecule has 2 aromatic rings. The predicted molar refractivity (Wildman–Crippen MR) is 88.0 cm³/mol. The monoisotopic (exact) mass is 312 g/mol. The van der Waals surface area contributed by atoms with Crippen LogP contribution in [0.25, 0.3) is 0 Å². The van der Waals surface area contributed by atoms with Gasteiger partial charge < -0.3 is 9.84 Å². The lowest BCUT2D eigenvalue weighted by atomic mass is 10.0. The molecule has 2 rings (SSSR count). The van der Waals surface area contributed by atoms with Crippen molar-refractivity contribution in [3.63, 3.8) is 0 Å². The number of benzene rings is 2. The van der Waals surface area contributed by atoms with E-state index in [9.17, 15) is 9.59 Å². The van der Waals surface area contributed by atoms with E-state index in [0.717, 1.165) is 17.7 Å². The van der Waals surface area contributed by atoms with Gasteiger partial charge in [-0.2, -0.15) is 0 Å². The third-order valence-electron chi connectivity index (χ3n) is 3.55. The molecule has 1 N–H and O–H groups in total. The quantitative estimate of drug-likeness (QED) is 0.755. The molecule has 0 atom stereocenters. The number of ketones is 1. The summed E-state index contributed by atoms with van der Waals surface area (Å²) in [7, 11) is 0. The SMILES string of the molecule is Cc1cc(C(=O)CCC(=O)O)ccc1OCCc1ccccc1. The van der Waals surface area contributed by atoms with Gasteiger partial charge in [-0.1, -0.05) is 30.3 Å². The van der Waals surface area contributed by atoms with Gasteiger partial charge in [0, 0.05) is 18.4 Å². The lowest BCUT2D eigenvalue weighted by Gasteiger charge is -2.10. The molecule has 0 aliphatic carbocycles. The number of aliphatic carboxylic acids is 1. The Morgan fingerprint density at radius 2 is 1.78 bits per heavy atom. The van der Waals surface area contributed by atoms with Crippen LogP contribution in [0, 0.1) is 6.92 Å². The molecule has 4 nitrogen and oxygen atoms in total. The van der Waals surface area contributed by atoms with Crippen molar-refractivity contribution in [1.29, 1.82) is 0 Å². The molecule has 0 bridgehead atoms. The molecule has 4 heteroatoms. The highest BCUT2D eigenvalue weighted by Gasteiger charge is 2.10. The first kappa shape index (κ1) is 16.7. The average Bonchev–Trinajstić information content (AvgIpc) is 2.55. The van der Waals surface area contributed by atoms with E-state index in [-0.39, 0.29) is 18.6 Å². The Labute approximate surface area is 135 Å². The second-order valence-corrected chi connectivity index (χ2v) is 5.38. The Morgan fingerprint density at radius 3 is 2.43 bits per heavy atom. The van der Waals surface area contributed by atoms with Gasteiger partial charge in [-0.3, -0.25) is 9.59 Å². The first-order chi connectivity index (χ1) is 11.1. The molecule has 23 heavy (non-hydrogen) atoms. The summed E-state index contributed by atoms with van der Waals surface area (Å²) in [6.45, 7) is 2.45. The zero-order chi connectivity index (χ0) is 16.7. The molecule has 0 unspecified atom stereocenters. The van der Waals surface area contributed by atoms with E-state index >= 15 is 0 Å². The van der Waals surface area contributed by atoms with E-state index in [1.807, 2.05) is 25.1 Å². The first-order valence-corrected chi connectivity index (χ1v) is 7.58. The standard InChI is InChI=1S/C19H20O4/c1-14-13-16(17(20)8-10-19(21)22)7-9-18(14)23-12-11-15-5-3-2-4-6-15/h2-7,9,13H,8,10-12H2,1H3,(H,21,22). The summed E-state index contributed by atoms with van der Waals surface area (Å²) in [5.41, 5.74) is 2.61. The van der Waals surface area contributed by atoms with Gasteiger partial charge in [0.1, 0.15) is 5.75 Å². The van der Waals surface area contributed by atoms with Crippen molar-refractivity contribution in [3.8, 4) is 5.75 Å². The maximum absolute atomic E-state index is 11.9. The predicted octanol–water partition coefficient (Wildman–Crippen LogP) is 3.66. The van der Waals surface area contributed by atoms with Crippen molar-refractivity contribution in [1.82, 2.24) is 0 Å². The van der Waals surface area contributed by atoms with Gasteiger partial charge in [0.15, 0.2) is 5.78 Å². The number of carbonyl (C=O) groups excluding carboxylic acids is 1. The van der Waals surface area contributed by atoms with Gasteiger partial charge in [-0.15, -0.1) is 0 Å². The Balaban J connectivity index is 1.91. The van der Waals surface area contributed by atoms with Crippen LogP contribution in [-0.4, -0.2) is 23.5 Å². The van der Waals surface area contributed by atoms with E-state index < -0.39 is 5.97 Å². The molecule has 0 aliphatic heterocycles. The molecule has 0 amide bonds. The Kier molecular flexibility index (Phi) is 5.92. The summed E-state index contributed by atoms with van der Waals surface area (Å²) in [5, 5.41) is 8.63. The number of hydrogen-bond donors (Lipinski definition) is 1. The van der Waals surface area contributed by atoms with Crippen molar-refractivity contribution in [2.24, 2.45) is 0 Å². The number of ether oxygens (including phenoxy) is 1. The zero-order valence-corrected chi connectivity index (χ0v) is 13.1. The summed E-state index contributed by atoms with van der Waals surface area (Å²) < 4.78 is 5.77. The number of Topliss-reactive ketones (excluding diaryl/α,β-unsaturated/α-hetero) is 1. The topological polar surface area (TPSA) is 63.6 Å². The Morgan fingerprint density at radius 1 is 1.04 bits per heavy atom. The Hall–Kier alpha value is -2.62. The number of carboxylic acid groups (broad SMARTS) is 1. The maximum Gasteiger partial charge on any atom is 0.303 e. The summed E-state index contributed by atoms with van der Waals surface area (Å²) in [6, 6.07) is 15.3. The van der Waals surface area contributed by atoms with E-state index in [1.54, 1.807) is 18.2 Å². The third kappa shape index (κ3) is 5.25. The molecule has 120 valence electrons. The second kappa shape index (κ2) is 8.13. The number of carbonyl (C=O) groups is 2. The summed E-state index contributed by atoms with van der Waals surface area (Å²) in [5.74, 6) is -0.377. The first-order valence-electron chi connectivity index (χ1n) is 7.58. The van der Waals surface area contributed by atoms with Crippen molar-refractivity contribution in [2.75, 3.05) is 6.61 Å². The number of hydrogen-bond acceptors (Lipinski definition) is 3. The minimum atomic E-state index is -0.962. The molecule has 0 aromatic heterocycles. The molecule has 2 aromatic carbocycles. The fourth-order valence-corrected chi connectivity index (χ4v) is 2.27. The maximum atomic E-state index is 11.9. The van der Waals surface area contributed by atoms with Crippen LogP contribution in [0.15, 0.2) is 48.5 Å². The summed E-state index contributed by atoms with van der Waals surface area (Å²) >= 11 is 0. The highest BCUT2D eigenvalue weighted by Crippen LogP contribution is 2.20. The molecule has 0 radical (unpaired) electrons. The van der Waals surface area contributed by atoms with Gasteiger partial charge in [0.05, 0.1) is 13.0 Å². The van der Waals surface area contributed by atoms with Crippen molar-refractivity contribution in [2.45, 2.75) is 26.2 Å². The van der Waals surface area contributed by atoms with Crippen LogP contribution in [-0.2, 0) is 11.2 Å². The van der Waals surface area contributed by atoms with Gasteiger partial charge >= 0.3 is 5.97 Å². The minimum absolute atomic E-state index is 0.0168. The average molecular weight is 312 g/mol. The second-order valence-electron chi connectivity index (χ2n) is 5.38. The van der Waals surface area contributed by atoms with Gasteiger partial charge in [-0.25, -0.2) is 0 Å². The third-order valence-corrected chi connectivity index (χ3v) is 3.55. The van der Waals surface area contributed by atoms with Crippen molar-refractivity contribution in [3.05, 3.63) is 65.2 Å². The van der Waals surface area contributed by atoms with Crippen LogP contribution in [0.1, 0.15) is 34.3 Å². The molecule has 0 spiro atoms. The molecule has 0 saturated carbocycles. The van der Waals surface area contributed by atoms with E-state index in [4.69, 9.17) is 9.84 Å². The number of aryl methyl sites for hydroxylation is 1. The molecule has 0 heterocycles. The summed E-state index contributed by atoms with van der Waals surface area (Å²) in [6.07, 6.45) is 0.690. The normalized spacial score (nSPS) is 10.3. The van der Waals surface area contributed by atoms with Crippen LogP contribution in [0.3, 0.4) is 0 Å². The molecular weight excluding hydrogens is 292 g/mol. The molecule has 0 saturated heterocycles. The molecule has 0 aliphatic rings. The van der Waals surface area contributed by atoms with Gasteiger partial charge in [0.2, 0.25) is 0 Å². The van der Waals surface area contributed by atoms with Crippen LogP contribution in [0.4, 0.5) is 0 Å². The smallest absolute Gasteiger partial charge is 0.303 e. The Bertz CT molecular complexity index is 677. The fraction of sp³-hybridized carbons (Fsp3) is 0.263. The van der Waals surface area contributed by atoms with Crippen LogP contribution in [0.2, 0.25) is 0 Å². The van der Waals surface area contributed by atoms with E-state index in [0.29, 0.717) is 12.2 Å². The molecule has 0 fully saturated rings. The zero-order valence-electron chi connectivity index (χ0n) is 13.1. The molecular formula is C19H20O4. The highest BCUT2D eigenvalue weighted by atomic mass is 16.5. The van der Waals surface area contributed by atoms with Gasteiger partial charge in [0.25, 0.3) is 0 Å². The number of rotatable bonds is 8. The highest BCUT2D eigenvalue weighted by molar-refractivity contribution is 5.97. The van der Waals surface area contributed by atoms with Crippen LogP contribution < -0.4 is 4.74 Å². The number of carboxylic acids is 1. The van der Waals surface area contributed by atoms with Crippen molar-refractivity contribution >= 4 is 11.8 Å². The lowest BCUT2D eigenvalue weighted by molar-refractivity contribution is -0.136. The van der Waals surface area contributed by atoms with Crippen LogP contribution >= 0.6 is 0 Å². The largest absolute Gasteiger partial charge is 0.493 e. The van der Waals surface area contributed by atoms with Crippen molar-refractivity contribution < 1.29 is 19.4 Å². The lowest BCUT2D eigenvalue weighted by Crippen LogP contribution is -2.06.